The summed E-state index contributed by atoms with van der Waals surface area (Å²) >= 11 is 5.96. The largest absolute Gasteiger partial charge is 0.481 e. The summed E-state index contributed by atoms with van der Waals surface area (Å²) in [4.78, 5) is 11.3. The first-order valence-corrected chi connectivity index (χ1v) is 9.35. The van der Waals surface area contributed by atoms with Crippen molar-refractivity contribution in [2.24, 2.45) is 5.92 Å². The normalized spacial score (nSPS) is 15.8. The molecule has 136 valence electrons. The average molecular weight is 379 g/mol. The fraction of sp³-hybridized carbons (Fsp3) is 0.174. The predicted octanol–water partition coefficient (Wildman–Crippen LogP) is 5.99. The predicted molar refractivity (Wildman–Crippen MR) is 107 cm³/mol. The van der Waals surface area contributed by atoms with Gasteiger partial charge < -0.3 is 9.84 Å². The van der Waals surface area contributed by atoms with Crippen molar-refractivity contribution in [3.63, 3.8) is 0 Å². The lowest BCUT2D eigenvalue weighted by Gasteiger charge is -2.22. The van der Waals surface area contributed by atoms with Gasteiger partial charge in [-0.3, -0.25) is 4.79 Å². The third-order valence-electron chi connectivity index (χ3n) is 5.00. The fourth-order valence-electron chi connectivity index (χ4n) is 3.53. The smallest absolute Gasteiger partial charge is 0.306 e. The molecule has 3 nitrogen and oxygen atoms in total. The molecule has 0 heterocycles. The molecule has 4 heteroatoms. The third kappa shape index (κ3) is 3.99. The van der Waals surface area contributed by atoms with Crippen molar-refractivity contribution in [3.8, 4) is 22.6 Å². The molecule has 0 radical (unpaired) electrons. The van der Waals surface area contributed by atoms with Gasteiger partial charge in [0, 0.05) is 5.02 Å². The van der Waals surface area contributed by atoms with Gasteiger partial charge >= 0.3 is 5.97 Å². The number of hydrogen-bond acceptors (Lipinski definition) is 2. The Hall–Kier alpha value is -2.78. The zero-order valence-electron chi connectivity index (χ0n) is 14.7. The molecule has 3 aromatic carbocycles. The van der Waals surface area contributed by atoms with E-state index >= 15 is 0 Å². The van der Waals surface area contributed by atoms with Crippen LogP contribution in [0.1, 0.15) is 17.5 Å². The quantitative estimate of drug-likeness (QED) is 0.606. The molecule has 0 fully saturated rings. The second-order valence-electron chi connectivity index (χ2n) is 6.85. The summed E-state index contributed by atoms with van der Waals surface area (Å²) in [5.41, 5.74) is 4.41. The number of carboxylic acid groups (broad SMARTS) is 1. The van der Waals surface area contributed by atoms with Crippen molar-refractivity contribution in [1.82, 2.24) is 0 Å². The van der Waals surface area contributed by atoms with Gasteiger partial charge in [-0.05, 0) is 77.9 Å². The first kappa shape index (κ1) is 17.6. The van der Waals surface area contributed by atoms with Crippen molar-refractivity contribution in [3.05, 3.63) is 82.9 Å². The van der Waals surface area contributed by atoms with E-state index in [0.29, 0.717) is 17.9 Å². The van der Waals surface area contributed by atoms with Gasteiger partial charge in [0.05, 0.1) is 5.92 Å². The lowest BCUT2D eigenvalue weighted by molar-refractivity contribution is -0.142. The zero-order chi connectivity index (χ0) is 18.8. The van der Waals surface area contributed by atoms with Gasteiger partial charge in [-0.1, -0.05) is 41.9 Å². The van der Waals surface area contributed by atoms with E-state index in [4.69, 9.17) is 16.3 Å². The number of fused-ring (bicyclic) bond motifs is 1. The van der Waals surface area contributed by atoms with Crippen LogP contribution < -0.4 is 4.74 Å². The van der Waals surface area contributed by atoms with Crippen molar-refractivity contribution >= 4 is 17.6 Å². The number of carboxylic acids is 1. The van der Waals surface area contributed by atoms with Gasteiger partial charge in [-0.15, -0.1) is 0 Å². The van der Waals surface area contributed by atoms with Crippen LogP contribution in [0.3, 0.4) is 0 Å². The van der Waals surface area contributed by atoms with E-state index in [1.807, 2.05) is 66.7 Å². The average Bonchev–Trinajstić information content (AvgIpc) is 2.68. The Morgan fingerprint density at radius 3 is 2.48 bits per heavy atom. The number of benzene rings is 3. The highest BCUT2D eigenvalue weighted by atomic mass is 35.5. The van der Waals surface area contributed by atoms with Crippen LogP contribution in [0.4, 0.5) is 0 Å². The summed E-state index contributed by atoms with van der Waals surface area (Å²) in [6.45, 7) is 0. The molecule has 1 aliphatic rings. The Morgan fingerprint density at radius 1 is 0.926 bits per heavy atom. The van der Waals surface area contributed by atoms with Crippen LogP contribution in [0, 0.1) is 5.92 Å². The minimum absolute atomic E-state index is 0.305. The maximum atomic E-state index is 11.3. The number of carbonyl (C=O) groups is 1. The summed E-state index contributed by atoms with van der Waals surface area (Å²) in [7, 11) is 0. The molecule has 27 heavy (non-hydrogen) atoms. The molecule has 1 unspecified atom stereocenters. The molecule has 0 aliphatic heterocycles. The second-order valence-corrected chi connectivity index (χ2v) is 7.28. The summed E-state index contributed by atoms with van der Waals surface area (Å²) in [5, 5.41) is 9.99. The minimum atomic E-state index is -0.720. The van der Waals surface area contributed by atoms with Crippen LogP contribution in [0.25, 0.3) is 11.1 Å². The summed E-state index contributed by atoms with van der Waals surface area (Å²) in [6.07, 6.45) is 2.07. The van der Waals surface area contributed by atoms with Gasteiger partial charge in [-0.2, -0.15) is 0 Å². The number of aryl methyl sites for hydroxylation is 1. The molecule has 0 amide bonds. The van der Waals surface area contributed by atoms with Crippen LogP contribution >= 0.6 is 11.6 Å². The monoisotopic (exact) mass is 378 g/mol. The molecule has 0 aromatic heterocycles. The van der Waals surface area contributed by atoms with E-state index in [0.717, 1.165) is 34.6 Å². The van der Waals surface area contributed by atoms with Crippen molar-refractivity contribution in [2.75, 3.05) is 0 Å². The van der Waals surface area contributed by atoms with Crippen molar-refractivity contribution in [2.45, 2.75) is 19.3 Å². The maximum absolute atomic E-state index is 11.3. The number of aliphatic carboxylic acids is 1. The molecule has 1 atom stereocenters. The standard InChI is InChI=1S/C23H19ClO3/c24-20-9-6-15(7-10-20)17-2-1-3-21(13-17)27-22-11-8-16-4-5-18(23(25)26)12-19(16)14-22/h1-3,6-11,13-14,18H,4-5,12H2,(H,25,26). The first-order valence-electron chi connectivity index (χ1n) is 8.97. The Bertz CT molecular complexity index is 979. The molecule has 0 saturated carbocycles. The molecule has 1 N–H and O–H groups in total. The lowest BCUT2D eigenvalue weighted by Crippen LogP contribution is -2.22. The highest BCUT2D eigenvalue weighted by Gasteiger charge is 2.24. The Balaban J connectivity index is 1.56. The topological polar surface area (TPSA) is 46.5 Å². The minimum Gasteiger partial charge on any atom is -0.481 e. The Kier molecular flexibility index (Phi) is 4.87. The van der Waals surface area contributed by atoms with Crippen LogP contribution in [0.2, 0.25) is 5.02 Å². The fourth-order valence-corrected chi connectivity index (χ4v) is 3.65. The highest BCUT2D eigenvalue weighted by Crippen LogP contribution is 2.32. The molecule has 3 aromatic rings. The van der Waals surface area contributed by atoms with E-state index < -0.39 is 5.97 Å². The van der Waals surface area contributed by atoms with Crippen LogP contribution in [-0.2, 0) is 17.6 Å². The number of ether oxygens (including phenoxy) is 1. The number of rotatable bonds is 4. The molecular formula is C23H19ClO3. The molecule has 0 bridgehead atoms. The summed E-state index contributed by atoms with van der Waals surface area (Å²) in [6, 6.07) is 21.6. The first-order chi connectivity index (χ1) is 13.1. The van der Waals surface area contributed by atoms with Gasteiger partial charge in [0.1, 0.15) is 11.5 Å². The summed E-state index contributed by atoms with van der Waals surface area (Å²) in [5.74, 6) is 0.449. The summed E-state index contributed by atoms with van der Waals surface area (Å²) < 4.78 is 6.05. The molecule has 0 spiro atoms. The third-order valence-corrected chi connectivity index (χ3v) is 5.25. The van der Waals surface area contributed by atoms with Crippen LogP contribution in [0.5, 0.6) is 11.5 Å². The molecule has 4 rings (SSSR count). The number of hydrogen-bond donors (Lipinski definition) is 1. The van der Waals surface area contributed by atoms with Crippen LogP contribution in [0.15, 0.2) is 66.7 Å². The van der Waals surface area contributed by atoms with Crippen LogP contribution in [-0.4, -0.2) is 11.1 Å². The van der Waals surface area contributed by atoms with E-state index in [-0.39, 0.29) is 5.92 Å². The van der Waals surface area contributed by atoms with E-state index in [1.54, 1.807) is 0 Å². The Morgan fingerprint density at radius 2 is 1.70 bits per heavy atom. The number of halogens is 1. The maximum Gasteiger partial charge on any atom is 0.306 e. The van der Waals surface area contributed by atoms with Gasteiger partial charge in [0.2, 0.25) is 0 Å². The molecular weight excluding hydrogens is 360 g/mol. The van der Waals surface area contributed by atoms with E-state index in [2.05, 4.69) is 0 Å². The van der Waals surface area contributed by atoms with Gasteiger partial charge in [0.25, 0.3) is 0 Å². The second kappa shape index (κ2) is 7.45. The molecule has 1 aliphatic carbocycles. The van der Waals surface area contributed by atoms with Gasteiger partial charge in [0.15, 0.2) is 0 Å². The van der Waals surface area contributed by atoms with E-state index in [1.165, 1.54) is 5.56 Å². The zero-order valence-corrected chi connectivity index (χ0v) is 15.4. The van der Waals surface area contributed by atoms with Crippen molar-refractivity contribution < 1.29 is 14.6 Å². The Labute approximate surface area is 163 Å². The SMILES string of the molecule is O=C(O)C1CCc2ccc(Oc3cccc(-c4ccc(Cl)cc4)c3)cc2C1. The molecule has 0 saturated heterocycles. The lowest BCUT2D eigenvalue weighted by atomic mass is 9.84. The highest BCUT2D eigenvalue weighted by molar-refractivity contribution is 6.30. The van der Waals surface area contributed by atoms with Crippen molar-refractivity contribution in [1.29, 1.82) is 0 Å². The van der Waals surface area contributed by atoms with E-state index in [9.17, 15) is 9.90 Å². The van der Waals surface area contributed by atoms with Gasteiger partial charge in [-0.25, -0.2) is 0 Å².